The van der Waals surface area contributed by atoms with Crippen molar-refractivity contribution in [3.63, 3.8) is 0 Å². The molecule has 1 heterocycles. The number of aromatic carboxylic acids is 1. The topological polar surface area (TPSA) is 104 Å². The number of hydrogen-bond acceptors (Lipinski definition) is 5. The van der Waals surface area contributed by atoms with E-state index < -0.39 is 16.0 Å². The number of ether oxygens (including phenoxy) is 1. The number of hydrogen-bond donors (Lipinski definition) is 2. The molecule has 0 spiro atoms. The lowest BCUT2D eigenvalue weighted by Gasteiger charge is -2.17. The third-order valence-corrected chi connectivity index (χ3v) is 5.41. The molecular formula is C13H17NO6S. The number of carboxylic acids is 1. The summed E-state index contributed by atoms with van der Waals surface area (Å²) in [5.74, 6) is -1.22. The molecular weight excluding hydrogens is 298 g/mol. The van der Waals surface area contributed by atoms with Gasteiger partial charge < -0.3 is 14.9 Å². The van der Waals surface area contributed by atoms with Crippen LogP contribution in [0.15, 0.2) is 23.1 Å². The molecule has 1 aromatic rings. The molecule has 2 rings (SSSR count). The normalized spacial score (nSPS) is 19.6. The van der Waals surface area contributed by atoms with Crippen LogP contribution in [-0.4, -0.2) is 55.7 Å². The highest BCUT2D eigenvalue weighted by molar-refractivity contribution is 7.89. The van der Waals surface area contributed by atoms with Crippen molar-refractivity contribution in [2.45, 2.75) is 11.3 Å². The molecule has 1 aliphatic heterocycles. The van der Waals surface area contributed by atoms with Crippen LogP contribution in [0, 0.1) is 5.92 Å². The first kappa shape index (κ1) is 15.7. The molecule has 1 unspecified atom stereocenters. The highest BCUT2D eigenvalue weighted by Gasteiger charge is 2.32. The number of nitrogens with zero attached hydrogens (tertiary/aromatic N) is 1. The minimum atomic E-state index is -3.76. The van der Waals surface area contributed by atoms with Crippen LogP contribution in [0.2, 0.25) is 0 Å². The summed E-state index contributed by atoms with van der Waals surface area (Å²) < 4.78 is 31.1. The molecule has 0 aliphatic carbocycles. The third-order valence-electron chi connectivity index (χ3n) is 3.55. The molecule has 7 nitrogen and oxygen atoms in total. The number of benzene rings is 1. The highest BCUT2D eigenvalue weighted by atomic mass is 32.2. The Morgan fingerprint density at radius 3 is 2.71 bits per heavy atom. The summed E-state index contributed by atoms with van der Waals surface area (Å²) in [6, 6.07) is 3.76. The second-order valence-corrected chi connectivity index (χ2v) is 6.81. The molecule has 1 fully saturated rings. The second kappa shape index (κ2) is 6.00. The Morgan fingerprint density at radius 2 is 2.19 bits per heavy atom. The number of carbonyl (C=O) groups is 1. The van der Waals surface area contributed by atoms with E-state index in [1.165, 1.54) is 23.5 Å². The fourth-order valence-electron chi connectivity index (χ4n) is 2.33. The van der Waals surface area contributed by atoms with Gasteiger partial charge in [0.25, 0.3) is 0 Å². The highest BCUT2D eigenvalue weighted by Crippen LogP contribution is 2.27. The monoisotopic (exact) mass is 315 g/mol. The molecule has 1 aliphatic rings. The number of carboxylic acid groups (broad SMARTS) is 1. The van der Waals surface area contributed by atoms with Crippen molar-refractivity contribution in [3.05, 3.63) is 23.8 Å². The van der Waals surface area contributed by atoms with Crippen molar-refractivity contribution in [1.29, 1.82) is 0 Å². The summed E-state index contributed by atoms with van der Waals surface area (Å²) in [4.78, 5) is 11.1. The maximum atomic E-state index is 12.5. The first-order valence-electron chi connectivity index (χ1n) is 6.42. The summed E-state index contributed by atoms with van der Waals surface area (Å²) in [5.41, 5.74) is -0.198. The standard InChI is InChI=1S/C13H17NO6S/c1-20-12-3-2-10(6-11(12)13(16)17)21(18,19)14-5-4-9(7-14)8-15/h2-3,6,9,15H,4-5,7-8H2,1H3,(H,16,17). The van der Waals surface area contributed by atoms with E-state index in [2.05, 4.69) is 0 Å². The second-order valence-electron chi connectivity index (χ2n) is 4.87. The zero-order valence-electron chi connectivity index (χ0n) is 11.5. The lowest BCUT2D eigenvalue weighted by atomic mass is 10.1. The van der Waals surface area contributed by atoms with Gasteiger partial charge in [-0.2, -0.15) is 4.31 Å². The summed E-state index contributed by atoms with van der Waals surface area (Å²) in [6.45, 7) is 0.504. The molecule has 8 heteroatoms. The van der Waals surface area contributed by atoms with Gasteiger partial charge in [0.1, 0.15) is 11.3 Å². The van der Waals surface area contributed by atoms with Gasteiger partial charge in [-0.3, -0.25) is 0 Å². The van der Waals surface area contributed by atoms with E-state index in [0.29, 0.717) is 13.0 Å². The lowest BCUT2D eigenvalue weighted by molar-refractivity contribution is 0.0693. The Kier molecular flexibility index (Phi) is 4.50. The van der Waals surface area contributed by atoms with Crippen molar-refractivity contribution in [1.82, 2.24) is 4.31 Å². The largest absolute Gasteiger partial charge is 0.496 e. The molecule has 0 aromatic heterocycles. The van der Waals surface area contributed by atoms with E-state index in [-0.39, 0.29) is 35.3 Å². The van der Waals surface area contributed by atoms with Crippen LogP contribution < -0.4 is 4.74 Å². The Balaban J connectivity index is 2.37. The Morgan fingerprint density at radius 1 is 1.48 bits per heavy atom. The number of methoxy groups -OCH3 is 1. The minimum absolute atomic E-state index is 0.0605. The summed E-state index contributed by atoms with van der Waals surface area (Å²) in [5, 5.41) is 18.2. The van der Waals surface area contributed by atoms with E-state index in [1.807, 2.05) is 0 Å². The number of aliphatic hydroxyl groups excluding tert-OH is 1. The molecule has 0 saturated carbocycles. The molecule has 0 bridgehead atoms. The van der Waals surface area contributed by atoms with E-state index >= 15 is 0 Å². The molecule has 0 amide bonds. The first-order chi connectivity index (χ1) is 9.90. The number of aliphatic hydroxyl groups is 1. The van der Waals surface area contributed by atoms with Gasteiger partial charge in [-0.15, -0.1) is 0 Å². The zero-order chi connectivity index (χ0) is 15.6. The van der Waals surface area contributed by atoms with Crippen molar-refractivity contribution in [3.8, 4) is 5.75 Å². The fourth-order valence-corrected chi connectivity index (χ4v) is 3.89. The summed E-state index contributed by atoms with van der Waals surface area (Å²) >= 11 is 0. The number of rotatable bonds is 5. The minimum Gasteiger partial charge on any atom is -0.496 e. The molecule has 116 valence electrons. The maximum absolute atomic E-state index is 12.5. The predicted octanol–water partition coefficient (Wildman–Crippen LogP) is 0.396. The lowest BCUT2D eigenvalue weighted by Crippen LogP contribution is -2.29. The van der Waals surface area contributed by atoms with Crippen molar-refractivity contribution in [2.24, 2.45) is 5.92 Å². The molecule has 0 radical (unpaired) electrons. The third kappa shape index (κ3) is 3.02. The van der Waals surface area contributed by atoms with Crippen LogP contribution in [0.1, 0.15) is 16.8 Å². The van der Waals surface area contributed by atoms with E-state index in [9.17, 15) is 13.2 Å². The molecule has 1 atom stereocenters. The van der Waals surface area contributed by atoms with Crippen LogP contribution in [-0.2, 0) is 10.0 Å². The number of sulfonamides is 1. The Bertz CT molecular complexity index is 642. The predicted molar refractivity (Wildman–Crippen MR) is 73.9 cm³/mol. The zero-order valence-corrected chi connectivity index (χ0v) is 12.3. The molecule has 1 aromatic carbocycles. The Hall–Kier alpha value is -1.64. The maximum Gasteiger partial charge on any atom is 0.339 e. The fraction of sp³-hybridized carbons (Fsp3) is 0.462. The smallest absolute Gasteiger partial charge is 0.339 e. The van der Waals surface area contributed by atoms with Crippen LogP contribution in [0.3, 0.4) is 0 Å². The van der Waals surface area contributed by atoms with Gasteiger partial charge in [-0.05, 0) is 30.5 Å². The van der Waals surface area contributed by atoms with Gasteiger partial charge in [0.15, 0.2) is 0 Å². The molecule has 2 N–H and O–H groups in total. The quantitative estimate of drug-likeness (QED) is 0.815. The van der Waals surface area contributed by atoms with Gasteiger partial charge in [0.05, 0.1) is 12.0 Å². The van der Waals surface area contributed by atoms with E-state index in [4.69, 9.17) is 14.9 Å². The van der Waals surface area contributed by atoms with Crippen LogP contribution >= 0.6 is 0 Å². The van der Waals surface area contributed by atoms with E-state index in [1.54, 1.807) is 0 Å². The molecule has 1 saturated heterocycles. The van der Waals surface area contributed by atoms with Crippen molar-refractivity contribution >= 4 is 16.0 Å². The van der Waals surface area contributed by atoms with Crippen LogP contribution in [0.25, 0.3) is 0 Å². The van der Waals surface area contributed by atoms with Crippen molar-refractivity contribution < 1.29 is 28.2 Å². The summed E-state index contributed by atoms with van der Waals surface area (Å²) in [6.07, 6.45) is 0.595. The van der Waals surface area contributed by atoms with Crippen molar-refractivity contribution in [2.75, 3.05) is 26.8 Å². The van der Waals surface area contributed by atoms with Gasteiger partial charge in [0.2, 0.25) is 10.0 Å². The Labute approximate surface area is 122 Å². The van der Waals surface area contributed by atoms with Gasteiger partial charge in [0, 0.05) is 19.7 Å². The average Bonchev–Trinajstić information content (AvgIpc) is 2.96. The molecule has 21 heavy (non-hydrogen) atoms. The van der Waals surface area contributed by atoms with Gasteiger partial charge in [-0.25, -0.2) is 13.2 Å². The average molecular weight is 315 g/mol. The van der Waals surface area contributed by atoms with E-state index in [0.717, 1.165) is 6.07 Å². The van der Waals surface area contributed by atoms with Gasteiger partial charge >= 0.3 is 5.97 Å². The first-order valence-corrected chi connectivity index (χ1v) is 7.86. The SMILES string of the molecule is COc1ccc(S(=O)(=O)N2CCC(CO)C2)cc1C(=O)O. The van der Waals surface area contributed by atoms with Crippen LogP contribution in [0.4, 0.5) is 0 Å². The van der Waals surface area contributed by atoms with Gasteiger partial charge in [-0.1, -0.05) is 0 Å². The summed E-state index contributed by atoms with van der Waals surface area (Å²) in [7, 11) is -2.44. The van der Waals surface area contributed by atoms with Crippen LogP contribution in [0.5, 0.6) is 5.75 Å².